The number of hydrogen-bond acceptors (Lipinski definition) is 6. The van der Waals surface area contributed by atoms with E-state index >= 15 is 0 Å². The second-order valence-electron chi connectivity index (χ2n) is 7.07. The molecule has 0 unspecified atom stereocenters. The lowest BCUT2D eigenvalue weighted by Crippen LogP contribution is -2.19. The number of methoxy groups -OCH3 is 2. The van der Waals surface area contributed by atoms with E-state index in [0.717, 1.165) is 5.56 Å². The van der Waals surface area contributed by atoms with Crippen LogP contribution in [-0.2, 0) is 0 Å². The summed E-state index contributed by atoms with van der Waals surface area (Å²) < 4.78 is 29.8. The van der Waals surface area contributed by atoms with Crippen molar-refractivity contribution < 1.29 is 23.4 Å². The second-order valence-corrected chi connectivity index (χ2v) is 7.07. The quantitative estimate of drug-likeness (QED) is 0.403. The molecule has 33 heavy (non-hydrogen) atoms. The molecule has 8 nitrogen and oxygen atoms in total. The highest BCUT2D eigenvalue weighted by molar-refractivity contribution is 5.99. The summed E-state index contributed by atoms with van der Waals surface area (Å²) in [6.07, 6.45) is 1.41. The predicted molar refractivity (Wildman–Crippen MR) is 123 cm³/mol. The topological polar surface area (TPSA) is 94.6 Å². The van der Waals surface area contributed by atoms with Crippen LogP contribution in [0.3, 0.4) is 0 Å². The van der Waals surface area contributed by atoms with Crippen molar-refractivity contribution in [3.05, 3.63) is 72.3 Å². The van der Waals surface area contributed by atoms with Gasteiger partial charge < -0.3 is 24.8 Å². The molecular weight excluding hydrogens is 427 g/mol. The maximum atomic E-state index is 13.0. The maximum Gasteiger partial charge on any atom is 0.323 e. The summed E-state index contributed by atoms with van der Waals surface area (Å²) in [6.45, 7) is 1.85. The van der Waals surface area contributed by atoms with Crippen LogP contribution in [-0.4, -0.2) is 30.2 Å². The van der Waals surface area contributed by atoms with Crippen LogP contribution in [0.4, 0.5) is 20.6 Å². The van der Waals surface area contributed by atoms with Crippen molar-refractivity contribution in [2.45, 2.75) is 6.92 Å². The third kappa shape index (κ3) is 4.93. The summed E-state index contributed by atoms with van der Waals surface area (Å²) in [5.74, 6) is 1.64. The van der Waals surface area contributed by atoms with E-state index in [4.69, 9.17) is 14.2 Å². The third-order valence-corrected chi connectivity index (χ3v) is 4.85. The number of urea groups is 1. The van der Waals surface area contributed by atoms with E-state index in [9.17, 15) is 9.18 Å². The molecule has 2 amide bonds. The number of nitrogens with zero attached hydrogens (tertiary/aromatic N) is 2. The monoisotopic (exact) mass is 448 g/mol. The Balaban J connectivity index is 1.52. The van der Waals surface area contributed by atoms with Gasteiger partial charge in [0.1, 0.15) is 17.9 Å². The van der Waals surface area contributed by atoms with Gasteiger partial charge in [-0.1, -0.05) is 0 Å². The van der Waals surface area contributed by atoms with Gasteiger partial charge >= 0.3 is 6.03 Å². The Morgan fingerprint density at radius 1 is 0.848 bits per heavy atom. The first-order valence-electron chi connectivity index (χ1n) is 9.95. The van der Waals surface area contributed by atoms with E-state index in [1.165, 1.54) is 30.6 Å². The van der Waals surface area contributed by atoms with Gasteiger partial charge in [0.2, 0.25) is 5.88 Å². The van der Waals surface area contributed by atoms with Crippen LogP contribution < -0.4 is 24.8 Å². The summed E-state index contributed by atoms with van der Waals surface area (Å²) in [5.41, 5.74) is 2.47. The Hall–Kier alpha value is -4.40. The summed E-state index contributed by atoms with van der Waals surface area (Å²) >= 11 is 0. The lowest BCUT2D eigenvalue weighted by Gasteiger charge is -2.13. The number of aryl methyl sites for hydroxylation is 1. The molecule has 0 aliphatic rings. The number of hydrogen-bond donors (Lipinski definition) is 2. The summed E-state index contributed by atoms with van der Waals surface area (Å²) in [7, 11) is 3.11. The molecule has 4 rings (SSSR count). The van der Waals surface area contributed by atoms with E-state index in [1.54, 1.807) is 44.6 Å². The molecule has 0 fully saturated rings. The lowest BCUT2D eigenvalue weighted by atomic mass is 10.2. The number of halogens is 1. The molecule has 2 N–H and O–H groups in total. The van der Waals surface area contributed by atoms with Crippen molar-refractivity contribution in [3.63, 3.8) is 0 Å². The summed E-state index contributed by atoms with van der Waals surface area (Å²) in [5, 5.41) is 6.05. The van der Waals surface area contributed by atoms with Crippen molar-refractivity contribution >= 4 is 28.3 Å². The van der Waals surface area contributed by atoms with Crippen molar-refractivity contribution in [3.8, 4) is 23.1 Å². The first-order valence-corrected chi connectivity index (χ1v) is 9.95. The predicted octanol–water partition coefficient (Wildman–Crippen LogP) is 5.53. The molecule has 0 bridgehead atoms. The average Bonchev–Trinajstić information content (AvgIpc) is 2.81. The number of ether oxygens (including phenoxy) is 3. The first kappa shape index (κ1) is 21.8. The first-order chi connectivity index (χ1) is 16.0. The van der Waals surface area contributed by atoms with Gasteiger partial charge in [0.15, 0.2) is 11.5 Å². The fourth-order valence-corrected chi connectivity index (χ4v) is 3.21. The van der Waals surface area contributed by atoms with Crippen LogP contribution in [0.15, 0.2) is 60.9 Å². The van der Waals surface area contributed by atoms with Gasteiger partial charge in [0, 0.05) is 17.4 Å². The van der Waals surface area contributed by atoms with E-state index in [-0.39, 0.29) is 5.82 Å². The number of nitrogens with one attached hydrogen (secondary N) is 2. The molecule has 9 heteroatoms. The van der Waals surface area contributed by atoms with Crippen LogP contribution in [0.1, 0.15) is 5.56 Å². The smallest absolute Gasteiger partial charge is 0.323 e. The molecule has 0 spiro atoms. The van der Waals surface area contributed by atoms with E-state index in [1.807, 2.05) is 6.92 Å². The minimum absolute atomic E-state index is 0.360. The zero-order valence-corrected chi connectivity index (χ0v) is 18.2. The van der Waals surface area contributed by atoms with Crippen molar-refractivity contribution in [1.29, 1.82) is 0 Å². The zero-order valence-electron chi connectivity index (χ0n) is 18.2. The summed E-state index contributed by atoms with van der Waals surface area (Å²) in [4.78, 5) is 20.8. The van der Waals surface area contributed by atoms with Gasteiger partial charge in [0.05, 0.1) is 25.1 Å². The van der Waals surface area contributed by atoms with E-state index < -0.39 is 6.03 Å². The number of aromatic nitrogens is 2. The minimum atomic E-state index is -0.447. The average molecular weight is 448 g/mol. The molecule has 0 aliphatic carbocycles. The molecule has 1 aromatic heterocycles. The Morgan fingerprint density at radius 3 is 2.21 bits per heavy atom. The Kier molecular flexibility index (Phi) is 6.21. The standard InChI is InChI=1S/C24H21FN4O4/c1-14-10-17(29-24(30)28-16-6-4-15(25)5-7-16)8-9-20(14)33-23-18-11-21(31-2)22(32-3)12-19(18)26-13-27-23/h4-13H,1-3H3,(H2,28,29,30). The molecule has 0 saturated heterocycles. The molecular formula is C24H21FN4O4. The second kappa shape index (κ2) is 9.39. The number of carbonyl (C=O) groups is 1. The lowest BCUT2D eigenvalue weighted by molar-refractivity contribution is 0.262. The molecule has 0 saturated carbocycles. The van der Waals surface area contributed by atoms with Crippen LogP contribution in [0.25, 0.3) is 10.9 Å². The number of amides is 2. The van der Waals surface area contributed by atoms with E-state index in [0.29, 0.717) is 45.4 Å². The largest absolute Gasteiger partial charge is 0.493 e. The number of fused-ring (bicyclic) bond motifs is 1. The van der Waals surface area contributed by atoms with Gasteiger partial charge in [0.25, 0.3) is 0 Å². The van der Waals surface area contributed by atoms with Crippen LogP contribution in [0.2, 0.25) is 0 Å². The molecule has 0 radical (unpaired) electrons. The molecule has 4 aromatic rings. The van der Waals surface area contributed by atoms with Gasteiger partial charge in [-0.15, -0.1) is 0 Å². The number of carbonyl (C=O) groups excluding carboxylic acids is 1. The highest BCUT2D eigenvalue weighted by Gasteiger charge is 2.14. The molecule has 0 aliphatic heterocycles. The molecule has 0 atom stereocenters. The van der Waals surface area contributed by atoms with Crippen molar-refractivity contribution in [2.75, 3.05) is 24.9 Å². The fourth-order valence-electron chi connectivity index (χ4n) is 3.21. The Labute approximate surface area is 189 Å². The minimum Gasteiger partial charge on any atom is -0.493 e. The Morgan fingerprint density at radius 2 is 1.52 bits per heavy atom. The SMILES string of the molecule is COc1cc2ncnc(Oc3ccc(NC(=O)Nc4ccc(F)cc4)cc3C)c2cc1OC. The van der Waals surface area contributed by atoms with Crippen molar-refractivity contribution in [1.82, 2.24) is 9.97 Å². The van der Waals surface area contributed by atoms with Gasteiger partial charge in [-0.25, -0.2) is 19.2 Å². The number of benzene rings is 3. The Bertz CT molecular complexity index is 1310. The maximum absolute atomic E-state index is 13.0. The fraction of sp³-hybridized carbons (Fsp3) is 0.125. The molecule has 3 aromatic carbocycles. The normalized spacial score (nSPS) is 10.5. The highest BCUT2D eigenvalue weighted by Crippen LogP contribution is 2.36. The van der Waals surface area contributed by atoms with Crippen LogP contribution >= 0.6 is 0 Å². The highest BCUT2D eigenvalue weighted by atomic mass is 19.1. The van der Waals surface area contributed by atoms with Crippen molar-refractivity contribution in [2.24, 2.45) is 0 Å². The summed E-state index contributed by atoms with van der Waals surface area (Å²) in [6, 6.07) is 13.8. The number of anilines is 2. The zero-order chi connectivity index (χ0) is 23.4. The van der Waals surface area contributed by atoms with Gasteiger partial charge in [-0.2, -0.15) is 0 Å². The van der Waals surface area contributed by atoms with Crippen LogP contribution in [0, 0.1) is 12.7 Å². The van der Waals surface area contributed by atoms with Crippen LogP contribution in [0.5, 0.6) is 23.1 Å². The van der Waals surface area contributed by atoms with Gasteiger partial charge in [-0.05, 0) is 61.0 Å². The third-order valence-electron chi connectivity index (χ3n) is 4.85. The molecule has 168 valence electrons. The number of rotatable bonds is 6. The van der Waals surface area contributed by atoms with E-state index in [2.05, 4.69) is 20.6 Å². The molecule has 1 heterocycles. The van der Waals surface area contributed by atoms with Gasteiger partial charge in [-0.3, -0.25) is 0 Å².